The molecule has 1 N–H and O–H groups in total. The number of carbonyl (C=O) groups is 1. The Morgan fingerprint density at radius 3 is 2.75 bits per heavy atom. The molecule has 0 saturated carbocycles. The van der Waals surface area contributed by atoms with Crippen LogP contribution in [0.5, 0.6) is 5.75 Å². The zero-order chi connectivity index (χ0) is 16.9. The van der Waals surface area contributed by atoms with Crippen molar-refractivity contribution in [3.8, 4) is 5.75 Å². The summed E-state index contributed by atoms with van der Waals surface area (Å²) in [7, 11) is 1.61. The van der Waals surface area contributed by atoms with Crippen molar-refractivity contribution in [1.29, 1.82) is 0 Å². The maximum absolute atomic E-state index is 12.2. The van der Waals surface area contributed by atoms with E-state index in [1.807, 2.05) is 61.5 Å². The van der Waals surface area contributed by atoms with Crippen molar-refractivity contribution in [3.05, 3.63) is 71.9 Å². The second-order valence-electron chi connectivity index (χ2n) is 5.26. The molecule has 3 aromatic rings. The van der Waals surface area contributed by atoms with E-state index in [1.165, 1.54) is 0 Å². The molecule has 0 saturated heterocycles. The Morgan fingerprint density at radius 2 is 1.92 bits per heavy atom. The Kier molecular flexibility index (Phi) is 4.52. The van der Waals surface area contributed by atoms with Gasteiger partial charge in [0.1, 0.15) is 11.4 Å². The highest BCUT2D eigenvalue weighted by molar-refractivity contribution is 6.01. The Bertz CT molecular complexity index is 919. The molecular weight excluding hydrogens is 302 g/mol. The molecule has 1 amide bonds. The van der Waals surface area contributed by atoms with Gasteiger partial charge in [0.05, 0.1) is 18.3 Å². The second-order valence-corrected chi connectivity index (χ2v) is 5.26. The van der Waals surface area contributed by atoms with Gasteiger partial charge in [-0.1, -0.05) is 36.4 Å². The van der Waals surface area contributed by atoms with Crippen LogP contribution >= 0.6 is 0 Å². The van der Waals surface area contributed by atoms with Crippen LogP contribution in [-0.4, -0.2) is 23.7 Å². The van der Waals surface area contributed by atoms with Crippen molar-refractivity contribution in [2.75, 3.05) is 7.11 Å². The SMILES string of the molecule is COc1cccc(/C(C)=N/NC(=O)c2ccc3ccccc3n2)c1. The van der Waals surface area contributed by atoms with Crippen LogP contribution in [0.3, 0.4) is 0 Å². The van der Waals surface area contributed by atoms with Crippen LogP contribution in [0.2, 0.25) is 0 Å². The zero-order valence-corrected chi connectivity index (χ0v) is 13.5. The lowest BCUT2D eigenvalue weighted by Crippen LogP contribution is -2.20. The number of amides is 1. The van der Waals surface area contributed by atoms with Crippen LogP contribution in [0.25, 0.3) is 10.9 Å². The summed E-state index contributed by atoms with van der Waals surface area (Å²) >= 11 is 0. The summed E-state index contributed by atoms with van der Waals surface area (Å²) in [4.78, 5) is 16.6. The van der Waals surface area contributed by atoms with Crippen LogP contribution in [0.15, 0.2) is 65.8 Å². The Balaban J connectivity index is 1.77. The third-order valence-electron chi connectivity index (χ3n) is 3.64. The normalized spacial score (nSPS) is 11.3. The molecule has 2 aromatic carbocycles. The molecule has 0 bridgehead atoms. The Morgan fingerprint density at radius 1 is 1.08 bits per heavy atom. The van der Waals surface area contributed by atoms with E-state index in [0.717, 1.165) is 22.2 Å². The summed E-state index contributed by atoms with van der Waals surface area (Å²) in [5.74, 6) is 0.396. The largest absolute Gasteiger partial charge is 0.497 e. The number of benzene rings is 2. The van der Waals surface area contributed by atoms with Gasteiger partial charge in [-0.3, -0.25) is 4.79 Å². The van der Waals surface area contributed by atoms with Gasteiger partial charge in [0.2, 0.25) is 0 Å². The predicted molar refractivity (Wildman–Crippen MR) is 94.4 cm³/mol. The van der Waals surface area contributed by atoms with Gasteiger partial charge in [-0.25, -0.2) is 10.4 Å². The fraction of sp³-hybridized carbons (Fsp3) is 0.105. The highest BCUT2D eigenvalue weighted by Crippen LogP contribution is 2.14. The van der Waals surface area contributed by atoms with Crippen molar-refractivity contribution in [3.63, 3.8) is 0 Å². The molecule has 1 aromatic heterocycles. The first-order valence-electron chi connectivity index (χ1n) is 7.52. The minimum absolute atomic E-state index is 0.330. The van der Waals surface area contributed by atoms with Crippen molar-refractivity contribution in [2.45, 2.75) is 6.92 Å². The number of hydrogen-bond acceptors (Lipinski definition) is 4. The minimum atomic E-state index is -0.344. The number of hydrazone groups is 1. The number of para-hydroxylation sites is 1. The minimum Gasteiger partial charge on any atom is -0.497 e. The average molecular weight is 319 g/mol. The molecule has 1 heterocycles. The van der Waals surface area contributed by atoms with E-state index >= 15 is 0 Å². The maximum Gasteiger partial charge on any atom is 0.289 e. The van der Waals surface area contributed by atoms with Crippen LogP contribution < -0.4 is 10.2 Å². The summed E-state index contributed by atoms with van der Waals surface area (Å²) in [6.07, 6.45) is 0. The second kappa shape index (κ2) is 6.91. The molecular formula is C19H17N3O2. The molecule has 0 fully saturated rings. The molecule has 5 nitrogen and oxygen atoms in total. The van der Waals surface area contributed by atoms with Gasteiger partial charge in [-0.05, 0) is 31.2 Å². The Hall–Kier alpha value is -3.21. The fourth-order valence-electron chi connectivity index (χ4n) is 2.30. The molecule has 3 rings (SSSR count). The van der Waals surface area contributed by atoms with Gasteiger partial charge in [0.15, 0.2) is 0 Å². The first-order chi connectivity index (χ1) is 11.7. The molecule has 120 valence electrons. The lowest BCUT2D eigenvalue weighted by Gasteiger charge is -2.05. The van der Waals surface area contributed by atoms with E-state index in [1.54, 1.807) is 13.2 Å². The van der Waals surface area contributed by atoms with Gasteiger partial charge in [0, 0.05) is 10.9 Å². The number of rotatable bonds is 4. The van der Waals surface area contributed by atoms with E-state index in [2.05, 4.69) is 15.5 Å². The van der Waals surface area contributed by atoms with Gasteiger partial charge >= 0.3 is 0 Å². The van der Waals surface area contributed by atoms with E-state index in [0.29, 0.717) is 11.4 Å². The van der Waals surface area contributed by atoms with Crippen LogP contribution in [-0.2, 0) is 0 Å². The number of hydrogen-bond donors (Lipinski definition) is 1. The summed E-state index contributed by atoms with van der Waals surface area (Å²) in [6, 6.07) is 18.7. The van der Waals surface area contributed by atoms with Gasteiger partial charge in [0.25, 0.3) is 5.91 Å². The molecule has 0 spiro atoms. The zero-order valence-electron chi connectivity index (χ0n) is 13.5. The third kappa shape index (κ3) is 3.41. The molecule has 0 aliphatic rings. The first kappa shape index (κ1) is 15.7. The van der Waals surface area contributed by atoms with Gasteiger partial charge in [-0.2, -0.15) is 5.10 Å². The van der Waals surface area contributed by atoms with E-state index in [4.69, 9.17) is 4.74 Å². The third-order valence-corrected chi connectivity index (χ3v) is 3.64. The summed E-state index contributed by atoms with van der Waals surface area (Å²) in [5.41, 5.74) is 5.21. The van der Waals surface area contributed by atoms with E-state index in [9.17, 15) is 4.79 Å². The highest BCUT2D eigenvalue weighted by atomic mass is 16.5. The highest BCUT2D eigenvalue weighted by Gasteiger charge is 2.08. The number of aromatic nitrogens is 1. The Labute approximate surface area is 140 Å². The summed E-state index contributed by atoms with van der Waals surface area (Å²) in [6.45, 7) is 1.82. The average Bonchev–Trinajstić information content (AvgIpc) is 2.65. The van der Waals surface area contributed by atoms with Crippen molar-refractivity contribution < 1.29 is 9.53 Å². The first-order valence-corrected chi connectivity index (χ1v) is 7.52. The lowest BCUT2D eigenvalue weighted by atomic mass is 10.1. The maximum atomic E-state index is 12.2. The molecule has 0 atom stereocenters. The van der Waals surface area contributed by atoms with Crippen molar-refractivity contribution in [2.24, 2.45) is 5.10 Å². The van der Waals surface area contributed by atoms with Crippen LogP contribution in [0.1, 0.15) is 23.0 Å². The standard InChI is InChI=1S/C19H17N3O2/c1-13(15-7-5-8-16(12-15)24-2)21-22-19(23)18-11-10-14-6-3-4-9-17(14)20-18/h3-12H,1-2H3,(H,22,23)/b21-13+. The summed E-state index contributed by atoms with van der Waals surface area (Å²) in [5, 5.41) is 5.14. The predicted octanol–water partition coefficient (Wildman–Crippen LogP) is 3.40. The number of fused-ring (bicyclic) bond motifs is 1. The van der Waals surface area contributed by atoms with Crippen molar-refractivity contribution in [1.82, 2.24) is 10.4 Å². The fourth-order valence-corrected chi connectivity index (χ4v) is 2.30. The number of pyridine rings is 1. The van der Waals surface area contributed by atoms with Gasteiger partial charge in [-0.15, -0.1) is 0 Å². The monoisotopic (exact) mass is 319 g/mol. The topological polar surface area (TPSA) is 63.6 Å². The molecule has 0 aliphatic heterocycles. The lowest BCUT2D eigenvalue weighted by molar-refractivity contribution is 0.0950. The summed E-state index contributed by atoms with van der Waals surface area (Å²) < 4.78 is 5.19. The van der Waals surface area contributed by atoms with Crippen molar-refractivity contribution >= 4 is 22.5 Å². The molecule has 24 heavy (non-hydrogen) atoms. The number of nitrogens with zero attached hydrogens (tertiary/aromatic N) is 2. The van der Waals surface area contributed by atoms with Gasteiger partial charge < -0.3 is 4.74 Å². The molecule has 0 aliphatic carbocycles. The number of nitrogens with one attached hydrogen (secondary N) is 1. The molecule has 0 unspecified atom stereocenters. The van der Waals surface area contributed by atoms with E-state index < -0.39 is 0 Å². The molecule has 0 radical (unpaired) electrons. The van der Waals surface area contributed by atoms with E-state index in [-0.39, 0.29) is 5.91 Å². The quantitative estimate of drug-likeness (QED) is 0.592. The van der Waals surface area contributed by atoms with Crippen LogP contribution in [0, 0.1) is 0 Å². The number of carbonyl (C=O) groups excluding carboxylic acids is 1. The number of ether oxygens (including phenoxy) is 1. The van der Waals surface area contributed by atoms with Crippen LogP contribution in [0.4, 0.5) is 0 Å². The molecule has 5 heteroatoms. The number of methoxy groups -OCH3 is 1. The smallest absolute Gasteiger partial charge is 0.289 e.